The van der Waals surface area contributed by atoms with Crippen molar-refractivity contribution < 1.29 is 13.3 Å². The summed E-state index contributed by atoms with van der Waals surface area (Å²) >= 11 is 3.51. The summed E-state index contributed by atoms with van der Waals surface area (Å²) in [6.07, 6.45) is 0. The van der Waals surface area contributed by atoms with Crippen LogP contribution in [0, 0.1) is 10.1 Å². The second-order valence-corrected chi connectivity index (χ2v) is 8.39. The van der Waals surface area contributed by atoms with Crippen molar-refractivity contribution >= 4 is 37.3 Å². The Kier molecular flexibility index (Phi) is 5.07. The van der Waals surface area contributed by atoms with E-state index in [9.17, 15) is 18.5 Å². The van der Waals surface area contributed by atoms with Crippen molar-refractivity contribution in [2.24, 2.45) is 0 Å². The highest BCUT2D eigenvalue weighted by Gasteiger charge is 2.29. The van der Waals surface area contributed by atoms with Crippen LogP contribution in [-0.4, -0.2) is 43.8 Å². The zero-order valence-electron chi connectivity index (χ0n) is 13.2. The van der Waals surface area contributed by atoms with E-state index in [1.807, 2.05) is 24.3 Å². The highest BCUT2D eigenvalue weighted by atomic mass is 79.9. The topological polar surface area (TPSA) is 83.8 Å². The number of hydrogen-bond donors (Lipinski definition) is 0. The molecule has 2 aromatic carbocycles. The van der Waals surface area contributed by atoms with Crippen molar-refractivity contribution in [3.05, 3.63) is 63.1 Å². The molecule has 2 aromatic rings. The standard InChI is InChI=1S/C16H16BrN3O4S/c17-15-3-1-2-4-16(15)18-9-11-19(12-10-18)25(23,24)14-7-5-13(6-8-14)20(21)22/h1-8H,9-12H2. The number of nitro benzene ring substituents is 1. The van der Waals surface area contributed by atoms with Gasteiger partial charge < -0.3 is 4.90 Å². The Labute approximate surface area is 154 Å². The van der Waals surface area contributed by atoms with E-state index in [-0.39, 0.29) is 10.6 Å². The number of halogens is 1. The molecule has 0 bridgehead atoms. The predicted molar refractivity (Wildman–Crippen MR) is 98.2 cm³/mol. The minimum Gasteiger partial charge on any atom is -0.368 e. The van der Waals surface area contributed by atoms with Crippen LogP contribution in [0.4, 0.5) is 11.4 Å². The van der Waals surface area contributed by atoms with Gasteiger partial charge in [-0.1, -0.05) is 12.1 Å². The summed E-state index contributed by atoms with van der Waals surface area (Å²) < 4.78 is 27.8. The van der Waals surface area contributed by atoms with E-state index < -0.39 is 14.9 Å². The van der Waals surface area contributed by atoms with Crippen LogP contribution in [0.2, 0.25) is 0 Å². The van der Waals surface area contributed by atoms with Crippen molar-refractivity contribution in [2.45, 2.75) is 4.90 Å². The lowest BCUT2D eigenvalue weighted by atomic mass is 10.2. The zero-order valence-corrected chi connectivity index (χ0v) is 15.6. The molecule has 0 aliphatic carbocycles. The lowest BCUT2D eigenvalue weighted by Gasteiger charge is -2.35. The van der Waals surface area contributed by atoms with Gasteiger partial charge in [0.05, 0.1) is 15.5 Å². The molecule has 0 atom stereocenters. The third-order valence-electron chi connectivity index (χ3n) is 4.12. The monoisotopic (exact) mass is 425 g/mol. The van der Waals surface area contributed by atoms with E-state index in [0.29, 0.717) is 26.2 Å². The van der Waals surface area contributed by atoms with E-state index in [4.69, 9.17) is 0 Å². The van der Waals surface area contributed by atoms with Gasteiger partial charge in [-0.25, -0.2) is 8.42 Å². The molecule has 1 aliphatic rings. The maximum atomic E-state index is 12.7. The Morgan fingerprint density at radius 3 is 2.12 bits per heavy atom. The summed E-state index contributed by atoms with van der Waals surface area (Å²) in [5.74, 6) is 0. The molecule has 7 nitrogen and oxygen atoms in total. The highest BCUT2D eigenvalue weighted by molar-refractivity contribution is 9.10. The molecule has 0 saturated carbocycles. The Morgan fingerprint density at radius 1 is 0.960 bits per heavy atom. The van der Waals surface area contributed by atoms with Crippen molar-refractivity contribution in [3.8, 4) is 0 Å². The van der Waals surface area contributed by atoms with Crippen molar-refractivity contribution in [3.63, 3.8) is 0 Å². The summed E-state index contributed by atoms with van der Waals surface area (Å²) in [5.41, 5.74) is 0.910. The van der Waals surface area contributed by atoms with Gasteiger partial charge >= 0.3 is 0 Å². The van der Waals surface area contributed by atoms with E-state index in [1.165, 1.54) is 28.6 Å². The third kappa shape index (κ3) is 3.68. The van der Waals surface area contributed by atoms with Gasteiger partial charge in [-0.2, -0.15) is 4.31 Å². The molecule has 25 heavy (non-hydrogen) atoms. The number of rotatable bonds is 4. The Hall–Kier alpha value is -1.97. The lowest BCUT2D eigenvalue weighted by molar-refractivity contribution is -0.384. The minimum absolute atomic E-state index is 0.0763. The summed E-state index contributed by atoms with van der Waals surface area (Å²) in [6, 6.07) is 12.8. The molecule has 9 heteroatoms. The Balaban J connectivity index is 1.73. The van der Waals surface area contributed by atoms with Gasteiger partial charge in [-0.15, -0.1) is 0 Å². The van der Waals surface area contributed by atoms with Crippen molar-refractivity contribution in [1.29, 1.82) is 0 Å². The molecule has 132 valence electrons. The first-order valence-corrected chi connectivity index (χ1v) is 9.87. The number of hydrogen-bond acceptors (Lipinski definition) is 5. The molecular formula is C16H16BrN3O4S. The first kappa shape index (κ1) is 17.8. The summed E-state index contributed by atoms with van der Waals surface area (Å²) in [4.78, 5) is 12.4. The summed E-state index contributed by atoms with van der Waals surface area (Å²) in [7, 11) is -3.65. The number of sulfonamides is 1. The fourth-order valence-corrected chi connectivity index (χ4v) is 4.72. The van der Waals surface area contributed by atoms with Crippen LogP contribution in [0.3, 0.4) is 0 Å². The molecular weight excluding hydrogens is 410 g/mol. The number of piperazine rings is 1. The van der Waals surface area contributed by atoms with E-state index in [0.717, 1.165) is 10.2 Å². The fourth-order valence-electron chi connectivity index (χ4n) is 2.77. The number of benzene rings is 2. The van der Waals surface area contributed by atoms with Gasteiger partial charge in [0.2, 0.25) is 10.0 Å². The summed E-state index contributed by atoms with van der Waals surface area (Å²) in [6.45, 7) is 1.88. The van der Waals surface area contributed by atoms with E-state index in [2.05, 4.69) is 20.8 Å². The molecule has 0 aromatic heterocycles. The average molecular weight is 426 g/mol. The number of non-ortho nitro benzene ring substituents is 1. The van der Waals surface area contributed by atoms with Crippen LogP contribution in [0.25, 0.3) is 0 Å². The van der Waals surface area contributed by atoms with Gasteiger partial charge in [0, 0.05) is 42.8 Å². The first-order valence-electron chi connectivity index (χ1n) is 7.64. The SMILES string of the molecule is O=[N+]([O-])c1ccc(S(=O)(=O)N2CCN(c3ccccc3Br)CC2)cc1. The van der Waals surface area contributed by atoms with Gasteiger partial charge in [0.25, 0.3) is 5.69 Å². The van der Waals surface area contributed by atoms with Crippen LogP contribution < -0.4 is 4.90 Å². The lowest BCUT2D eigenvalue weighted by Crippen LogP contribution is -2.48. The second kappa shape index (κ2) is 7.11. The molecule has 0 N–H and O–H groups in total. The van der Waals surface area contributed by atoms with Crippen LogP contribution >= 0.6 is 15.9 Å². The van der Waals surface area contributed by atoms with Crippen molar-refractivity contribution in [1.82, 2.24) is 4.31 Å². The zero-order chi connectivity index (χ0) is 18.0. The molecule has 0 radical (unpaired) electrons. The number of anilines is 1. The molecule has 1 fully saturated rings. The van der Waals surface area contributed by atoms with Crippen molar-refractivity contribution in [2.75, 3.05) is 31.1 Å². The van der Waals surface area contributed by atoms with Gasteiger partial charge in [0.1, 0.15) is 0 Å². The highest BCUT2D eigenvalue weighted by Crippen LogP contribution is 2.28. The van der Waals surface area contributed by atoms with Gasteiger partial charge in [-0.3, -0.25) is 10.1 Å². The van der Waals surface area contributed by atoms with Crippen LogP contribution in [0.15, 0.2) is 57.9 Å². The minimum atomic E-state index is -3.65. The Bertz CT molecular complexity index is 879. The largest absolute Gasteiger partial charge is 0.368 e. The second-order valence-electron chi connectivity index (χ2n) is 5.59. The van der Waals surface area contributed by atoms with Crippen LogP contribution in [0.1, 0.15) is 0 Å². The predicted octanol–water partition coefficient (Wildman–Crippen LogP) is 2.87. The number of para-hydroxylation sites is 1. The fraction of sp³-hybridized carbons (Fsp3) is 0.250. The third-order valence-corrected chi connectivity index (χ3v) is 6.70. The van der Waals surface area contributed by atoms with Gasteiger partial charge in [-0.05, 0) is 40.2 Å². The maximum Gasteiger partial charge on any atom is 0.269 e. The summed E-state index contributed by atoms with van der Waals surface area (Å²) in [5, 5.41) is 10.7. The van der Waals surface area contributed by atoms with E-state index in [1.54, 1.807) is 0 Å². The average Bonchev–Trinajstić information content (AvgIpc) is 2.62. The molecule has 1 saturated heterocycles. The molecule has 3 rings (SSSR count). The first-order chi connectivity index (χ1) is 11.9. The number of nitrogens with zero attached hydrogens (tertiary/aromatic N) is 3. The molecule has 1 aliphatic heterocycles. The van der Waals surface area contributed by atoms with Crippen LogP contribution in [0.5, 0.6) is 0 Å². The maximum absolute atomic E-state index is 12.7. The van der Waals surface area contributed by atoms with Crippen LogP contribution in [-0.2, 0) is 10.0 Å². The number of nitro groups is 1. The Morgan fingerprint density at radius 2 is 1.56 bits per heavy atom. The van der Waals surface area contributed by atoms with E-state index >= 15 is 0 Å². The van der Waals surface area contributed by atoms with Gasteiger partial charge in [0.15, 0.2) is 0 Å². The molecule has 1 heterocycles. The normalized spacial score (nSPS) is 16.0. The smallest absolute Gasteiger partial charge is 0.269 e. The molecule has 0 unspecified atom stereocenters. The quantitative estimate of drug-likeness (QED) is 0.555. The molecule has 0 amide bonds. The molecule has 0 spiro atoms.